The second kappa shape index (κ2) is 7.54. The first-order valence-corrected chi connectivity index (χ1v) is 11.9. The van der Waals surface area contributed by atoms with Crippen molar-refractivity contribution >= 4 is 23.1 Å². The van der Waals surface area contributed by atoms with Gasteiger partial charge >= 0.3 is 0 Å². The molecular weight excluding hydrogens is 384 g/mol. The van der Waals surface area contributed by atoms with E-state index in [0.717, 1.165) is 26.2 Å². The minimum atomic E-state index is 0.154. The van der Waals surface area contributed by atoms with Gasteiger partial charge < -0.3 is 4.57 Å². The Bertz CT molecular complexity index is 1020. The minimum Gasteiger partial charge on any atom is -0.311 e. The first kappa shape index (κ1) is 18.2. The summed E-state index contributed by atoms with van der Waals surface area (Å²) in [6.07, 6.45) is 3.30. The summed E-state index contributed by atoms with van der Waals surface area (Å²) in [5.74, 6) is 0.995. The summed E-state index contributed by atoms with van der Waals surface area (Å²) in [6.45, 7) is 4.00. The summed E-state index contributed by atoms with van der Waals surface area (Å²) in [5, 5.41) is 2.16. The quantitative estimate of drug-likeness (QED) is 0.573. The number of rotatable bonds is 4. The molecule has 2 atom stereocenters. The fourth-order valence-corrected chi connectivity index (χ4v) is 6.04. The lowest BCUT2D eigenvalue weighted by molar-refractivity contribution is 0.115. The third kappa shape index (κ3) is 3.36. The van der Waals surface area contributed by atoms with Crippen LogP contribution in [0.4, 0.5) is 0 Å². The lowest BCUT2D eigenvalue weighted by atomic mass is 9.80. The average Bonchev–Trinajstić information content (AvgIpc) is 3.22. The standard InChI is InChI=1S/C23H24N2OS2/c1-27-19-6-4-17(5-7-19)21-8-9-22(26)25-13-16-11-18(23(21)25)14-24(12-16)15-20-3-2-10-28-20/h2-10,16,18H,11-15H2,1H3/t16-,18-/m0/s1. The highest BCUT2D eigenvalue weighted by Crippen LogP contribution is 2.40. The van der Waals surface area contributed by atoms with Crippen LogP contribution in [0.15, 0.2) is 63.6 Å². The van der Waals surface area contributed by atoms with E-state index >= 15 is 0 Å². The van der Waals surface area contributed by atoms with Gasteiger partial charge in [0.15, 0.2) is 0 Å². The highest BCUT2D eigenvalue weighted by atomic mass is 32.2. The second-order valence-corrected chi connectivity index (χ2v) is 9.79. The third-order valence-electron chi connectivity index (χ3n) is 6.03. The van der Waals surface area contributed by atoms with Crippen molar-refractivity contribution in [1.82, 2.24) is 9.47 Å². The van der Waals surface area contributed by atoms with Gasteiger partial charge in [-0.25, -0.2) is 0 Å². The lowest BCUT2D eigenvalue weighted by Crippen LogP contribution is -2.46. The number of nitrogens with zero attached hydrogens (tertiary/aromatic N) is 2. The third-order valence-corrected chi connectivity index (χ3v) is 7.63. The Balaban J connectivity index is 1.52. The number of likely N-dealkylation sites (tertiary alicyclic amines) is 1. The van der Waals surface area contributed by atoms with E-state index in [4.69, 9.17) is 0 Å². The maximum atomic E-state index is 12.7. The van der Waals surface area contributed by atoms with Crippen LogP contribution in [0.1, 0.15) is 22.9 Å². The van der Waals surface area contributed by atoms with Crippen LogP contribution in [0, 0.1) is 5.92 Å². The first-order chi connectivity index (χ1) is 13.7. The fraction of sp³-hybridized carbons (Fsp3) is 0.348. The van der Waals surface area contributed by atoms with Gasteiger partial charge in [0.2, 0.25) is 0 Å². The fourth-order valence-electron chi connectivity index (χ4n) is 4.88. The number of pyridine rings is 1. The lowest BCUT2D eigenvalue weighted by Gasteiger charge is -2.43. The smallest absolute Gasteiger partial charge is 0.250 e. The SMILES string of the molecule is CSc1ccc(-c2ccc(=O)n3c2[C@H]2C[C@@H](CN(Cc4cccs4)C2)C3)cc1. The molecule has 0 spiro atoms. The summed E-state index contributed by atoms with van der Waals surface area (Å²) in [7, 11) is 0. The van der Waals surface area contributed by atoms with E-state index in [0.29, 0.717) is 11.8 Å². The van der Waals surface area contributed by atoms with Crippen LogP contribution in [0.25, 0.3) is 11.1 Å². The molecule has 0 radical (unpaired) electrons. The van der Waals surface area contributed by atoms with Gasteiger partial charge in [-0.2, -0.15) is 0 Å². The largest absolute Gasteiger partial charge is 0.311 e. The highest BCUT2D eigenvalue weighted by molar-refractivity contribution is 7.98. The molecule has 3 aromatic rings. The van der Waals surface area contributed by atoms with E-state index in [2.05, 4.69) is 57.5 Å². The molecule has 0 N–H and O–H groups in total. The van der Waals surface area contributed by atoms with Gasteiger partial charge in [-0.05, 0) is 53.8 Å². The molecule has 5 heteroatoms. The Hall–Kier alpha value is -1.82. The molecular formula is C23H24N2OS2. The number of thiophene rings is 1. The van der Waals surface area contributed by atoms with Gasteiger partial charge in [0.1, 0.15) is 0 Å². The predicted molar refractivity (Wildman–Crippen MR) is 118 cm³/mol. The van der Waals surface area contributed by atoms with Crippen LogP contribution in [-0.2, 0) is 13.1 Å². The van der Waals surface area contributed by atoms with Crippen molar-refractivity contribution in [2.24, 2.45) is 5.92 Å². The molecule has 0 saturated carbocycles. The van der Waals surface area contributed by atoms with Gasteiger partial charge in [-0.1, -0.05) is 18.2 Å². The molecule has 2 bridgehead atoms. The normalized spacial score (nSPS) is 21.5. The van der Waals surface area contributed by atoms with Crippen molar-refractivity contribution in [3.05, 3.63) is 74.8 Å². The molecule has 4 heterocycles. The highest BCUT2D eigenvalue weighted by Gasteiger charge is 2.36. The summed E-state index contributed by atoms with van der Waals surface area (Å²) in [6, 6.07) is 16.9. The number of thioether (sulfide) groups is 1. The molecule has 28 heavy (non-hydrogen) atoms. The summed E-state index contributed by atoms with van der Waals surface area (Å²) < 4.78 is 2.07. The van der Waals surface area contributed by atoms with E-state index in [1.54, 1.807) is 17.8 Å². The number of fused-ring (bicyclic) bond motifs is 4. The van der Waals surface area contributed by atoms with Crippen LogP contribution >= 0.6 is 23.1 Å². The minimum absolute atomic E-state index is 0.154. The number of aromatic nitrogens is 1. The number of benzene rings is 1. The average molecular weight is 409 g/mol. The number of hydrogen-bond donors (Lipinski definition) is 0. The number of hydrogen-bond acceptors (Lipinski definition) is 4. The summed E-state index contributed by atoms with van der Waals surface area (Å²) >= 11 is 3.60. The van der Waals surface area contributed by atoms with Crippen molar-refractivity contribution < 1.29 is 0 Å². The van der Waals surface area contributed by atoms with Crippen LogP contribution in [-0.4, -0.2) is 28.8 Å². The first-order valence-electron chi connectivity index (χ1n) is 9.84. The van der Waals surface area contributed by atoms with Crippen molar-refractivity contribution in [3.63, 3.8) is 0 Å². The molecule has 1 aromatic carbocycles. The molecule has 144 valence electrons. The Labute approximate surface area is 174 Å². The zero-order valence-electron chi connectivity index (χ0n) is 16.0. The molecule has 5 rings (SSSR count). The zero-order valence-corrected chi connectivity index (χ0v) is 17.6. The predicted octanol–water partition coefficient (Wildman–Crippen LogP) is 4.92. The topological polar surface area (TPSA) is 25.2 Å². The molecule has 0 amide bonds. The van der Waals surface area contributed by atoms with Gasteiger partial charge in [0.05, 0.1) is 0 Å². The zero-order chi connectivity index (χ0) is 19.1. The molecule has 3 nitrogen and oxygen atoms in total. The molecule has 0 aliphatic carbocycles. The van der Waals surface area contributed by atoms with E-state index < -0.39 is 0 Å². The monoisotopic (exact) mass is 408 g/mol. The molecule has 1 fully saturated rings. The van der Waals surface area contributed by atoms with Crippen molar-refractivity contribution in [3.8, 4) is 11.1 Å². The van der Waals surface area contributed by atoms with E-state index in [-0.39, 0.29) is 5.56 Å². The second-order valence-electron chi connectivity index (χ2n) is 7.88. The van der Waals surface area contributed by atoms with E-state index in [1.165, 1.54) is 33.0 Å². The summed E-state index contributed by atoms with van der Waals surface area (Å²) in [5.41, 5.74) is 3.85. The van der Waals surface area contributed by atoms with E-state index in [1.807, 2.05) is 17.4 Å². The Morgan fingerprint density at radius 2 is 1.93 bits per heavy atom. The van der Waals surface area contributed by atoms with Crippen LogP contribution < -0.4 is 5.56 Å². The Morgan fingerprint density at radius 3 is 2.68 bits per heavy atom. The van der Waals surface area contributed by atoms with E-state index in [9.17, 15) is 4.79 Å². The van der Waals surface area contributed by atoms with Crippen molar-refractivity contribution in [2.75, 3.05) is 19.3 Å². The van der Waals surface area contributed by atoms with Gasteiger partial charge in [0.25, 0.3) is 5.56 Å². The maximum Gasteiger partial charge on any atom is 0.250 e. The molecule has 0 unspecified atom stereocenters. The molecule has 2 aromatic heterocycles. The molecule has 1 saturated heterocycles. The summed E-state index contributed by atoms with van der Waals surface area (Å²) in [4.78, 5) is 18.0. The van der Waals surface area contributed by atoms with Crippen LogP contribution in [0.2, 0.25) is 0 Å². The maximum absolute atomic E-state index is 12.7. The van der Waals surface area contributed by atoms with Crippen molar-refractivity contribution in [2.45, 2.75) is 30.3 Å². The van der Waals surface area contributed by atoms with Gasteiger partial charge in [0, 0.05) is 59.2 Å². The Morgan fingerprint density at radius 1 is 1.07 bits per heavy atom. The number of piperidine rings is 1. The van der Waals surface area contributed by atoms with Crippen LogP contribution in [0.3, 0.4) is 0 Å². The van der Waals surface area contributed by atoms with Crippen LogP contribution in [0.5, 0.6) is 0 Å². The Kier molecular flexibility index (Phi) is 4.91. The molecule has 2 aliphatic rings. The molecule has 2 aliphatic heterocycles. The van der Waals surface area contributed by atoms with Gasteiger partial charge in [-0.15, -0.1) is 23.1 Å². The van der Waals surface area contributed by atoms with Crippen molar-refractivity contribution in [1.29, 1.82) is 0 Å². The van der Waals surface area contributed by atoms with Gasteiger partial charge in [-0.3, -0.25) is 9.69 Å².